The first-order valence-corrected chi connectivity index (χ1v) is 9.52. The molecule has 0 bridgehead atoms. The van der Waals surface area contributed by atoms with Crippen LogP contribution in [0.5, 0.6) is 0 Å². The number of benzene rings is 2. The molecule has 2 rings (SSSR count). The van der Waals surface area contributed by atoms with Crippen molar-refractivity contribution in [1.29, 1.82) is 0 Å². The van der Waals surface area contributed by atoms with Crippen LogP contribution in [0.4, 0.5) is 11.4 Å². The summed E-state index contributed by atoms with van der Waals surface area (Å²) in [5, 5.41) is 5.37. The molecule has 0 spiro atoms. The Kier molecular flexibility index (Phi) is 7.47. The van der Waals surface area contributed by atoms with Crippen molar-refractivity contribution < 1.29 is 23.9 Å². The highest BCUT2D eigenvalue weighted by Gasteiger charge is 2.23. The van der Waals surface area contributed by atoms with Crippen LogP contribution in [0.1, 0.15) is 43.6 Å². The van der Waals surface area contributed by atoms with Crippen LogP contribution in [0.3, 0.4) is 0 Å². The van der Waals surface area contributed by atoms with Crippen LogP contribution in [0, 0.1) is 5.41 Å². The molecule has 0 aliphatic rings. The summed E-state index contributed by atoms with van der Waals surface area (Å²) in [7, 11) is 0. The highest BCUT2D eigenvalue weighted by atomic mass is 16.5. The molecular formula is C23H26N2O5. The van der Waals surface area contributed by atoms with E-state index in [2.05, 4.69) is 10.6 Å². The fraction of sp³-hybridized carbons (Fsp3) is 0.304. The first-order valence-electron chi connectivity index (χ1n) is 9.52. The van der Waals surface area contributed by atoms with E-state index in [0.29, 0.717) is 11.4 Å². The minimum Gasteiger partial charge on any atom is -0.454 e. The Morgan fingerprint density at radius 3 is 2.13 bits per heavy atom. The zero-order chi connectivity index (χ0) is 22.3. The smallest absolute Gasteiger partial charge is 0.340 e. The maximum absolute atomic E-state index is 12.4. The second kappa shape index (κ2) is 9.82. The topological polar surface area (TPSA) is 102 Å². The second-order valence-electron chi connectivity index (χ2n) is 7.90. The number of para-hydroxylation sites is 1. The fourth-order valence-corrected chi connectivity index (χ4v) is 2.48. The van der Waals surface area contributed by atoms with Gasteiger partial charge in [-0.2, -0.15) is 0 Å². The van der Waals surface area contributed by atoms with E-state index >= 15 is 0 Å². The third kappa shape index (κ3) is 6.84. The fourth-order valence-electron chi connectivity index (χ4n) is 2.48. The number of hydrogen-bond donors (Lipinski definition) is 2. The number of ketones is 1. The SMILES string of the molecule is CC(=O)Nc1ccc(CC(=O)Nc2ccccc2C(=O)OCC(=O)C(C)(C)C)cc1. The molecule has 0 aromatic heterocycles. The number of anilines is 2. The zero-order valence-electron chi connectivity index (χ0n) is 17.6. The van der Waals surface area contributed by atoms with Crippen molar-refractivity contribution in [3.63, 3.8) is 0 Å². The Hall–Kier alpha value is -3.48. The van der Waals surface area contributed by atoms with E-state index in [4.69, 9.17) is 4.74 Å². The van der Waals surface area contributed by atoms with Gasteiger partial charge in [0.1, 0.15) is 0 Å². The molecule has 2 N–H and O–H groups in total. The van der Waals surface area contributed by atoms with E-state index in [9.17, 15) is 19.2 Å². The van der Waals surface area contributed by atoms with Crippen LogP contribution in [-0.2, 0) is 25.5 Å². The van der Waals surface area contributed by atoms with Crippen molar-refractivity contribution in [2.24, 2.45) is 5.41 Å². The lowest BCUT2D eigenvalue weighted by molar-refractivity contribution is -0.129. The van der Waals surface area contributed by atoms with Crippen LogP contribution in [0.25, 0.3) is 0 Å². The van der Waals surface area contributed by atoms with Gasteiger partial charge in [-0.3, -0.25) is 14.4 Å². The molecule has 0 aliphatic heterocycles. The molecule has 30 heavy (non-hydrogen) atoms. The number of amides is 2. The lowest BCUT2D eigenvalue weighted by atomic mass is 9.91. The van der Waals surface area contributed by atoms with E-state index in [0.717, 1.165) is 5.56 Å². The Morgan fingerprint density at radius 2 is 1.53 bits per heavy atom. The zero-order valence-corrected chi connectivity index (χ0v) is 17.6. The Balaban J connectivity index is 2.01. The highest BCUT2D eigenvalue weighted by molar-refractivity contribution is 6.02. The number of ether oxygens (including phenoxy) is 1. The van der Waals surface area contributed by atoms with Crippen molar-refractivity contribution in [2.75, 3.05) is 17.2 Å². The van der Waals surface area contributed by atoms with Gasteiger partial charge in [-0.25, -0.2) is 4.79 Å². The number of carbonyl (C=O) groups excluding carboxylic acids is 4. The van der Waals surface area contributed by atoms with E-state index in [-0.39, 0.29) is 36.2 Å². The molecule has 0 radical (unpaired) electrons. The predicted molar refractivity (Wildman–Crippen MR) is 114 cm³/mol. The molecule has 0 heterocycles. The van der Waals surface area contributed by atoms with Gasteiger partial charge in [-0.15, -0.1) is 0 Å². The summed E-state index contributed by atoms with van der Waals surface area (Å²) in [6, 6.07) is 13.4. The molecule has 0 fully saturated rings. The first kappa shape index (κ1) is 22.8. The van der Waals surface area contributed by atoms with Crippen LogP contribution < -0.4 is 10.6 Å². The molecule has 0 atom stereocenters. The van der Waals surface area contributed by atoms with Gasteiger partial charge in [0.25, 0.3) is 0 Å². The molecule has 7 heteroatoms. The van der Waals surface area contributed by atoms with Gasteiger partial charge in [0.05, 0.1) is 17.7 Å². The number of carbonyl (C=O) groups is 4. The third-order valence-electron chi connectivity index (χ3n) is 4.23. The predicted octanol–water partition coefficient (Wildman–Crippen LogP) is 3.60. The summed E-state index contributed by atoms with van der Waals surface area (Å²) in [6.45, 7) is 6.34. The van der Waals surface area contributed by atoms with Crippen LogP contribution in [0.15, 0.2) is 48.5 Å². The number of nitrogens with one attached hydrogen (secondary N) is 2. The van der Waals surface area contributed by atoms with Crippen LogP contribution in [0.2, 0.25) is 0 Å². The summed E-state index contributed by atoms with van der Waals surface area (Å²) in [5.41, 5.74) is 1.27. The average molecular weight is 410 g/mol. The lowest BCUT2D eigenvalue weighted by Crippen LogP contribution is -2.26. The molecule has 0 aliphatic carbocycles. The monoisotopic (exact) mass is 410 g/mol. The van der Waals surface area contributed by atoms with E-state index in [1.165, 1.54) is 13.0 Å². The average Bonchev–Trinajstić information content (AvgIpc) is 2.66. The maximum atomic E-state index is 12.4. The minimum atomic E-state index is -0.678. The van der Waals surface area contributed by atoms with Crippen molar-refractivity contribution in [2.45, 2.75) is 34.1 Å². The number of esters is 1. The van der Waals surface area contributed by atoms with Gasteiger partial charge in [-0.05, 0) is 29.8 Å². The molecular weight excluding hydrogens is 384 g/mol. The van der Waals surface area contributed by atoms with Gasteiger partial charge in [-0.1, -0.05) is 45.0 Å². The van der Waals surface area contributed by atoms with E-state index in [1.807, 2.05) is 0 Å². The molecule has 158 valence electrons. The molecule has 2 amide bonds. The highest BCUT2D eigenvalue weighted by Crippen LogP contribution is 2.19. The first-order chi connectivity index (χ1) is 14.1. The Labute approximate surface area is 175 Å². The lowest BCUT2D eigenvalue weighted by Gasteiger charge is -2.16. The second-order valence-corrected chi connectivity index (χ2v) is 7.90. The van der Waals surface area contributed by atoms with Crippen LogP contribution >= 0.6 is 0 Å². The number of Topliss-reactive ketones (excluding diaryl/α,β-unsaturated/α-hetero) is 1. The molecule has 0 saturated heterocycles. The van der Waals surface area contributed by atoms with Crippen molar-refractivity contribution in [3.8, 4) is 0 Å². The molecule has 7 nitrogen and oxygen atoms in total. The Morgan fingerprint density at radius 1 is 0.900 bits per heavy atom. The van der Waals surface area contributed by atoms with Gasteiger partial charge in [0.2, 0.25) is 11.8 Å². The third-order valence-corrected chi connectivity index (χ3v) is 4.23. The summed E-state index contributed by atoms with van der Waals surface area (Å²) < 4.78 is 5.13. The summed E-state index contributed by atoms with van der Waals surface area (Å²) >= 11 is 0. The molecule has 0 unspecified atom stereocenters. The molecule has 0 saturated carbocycles. The number of rotatable bonds is 7. The minimum absolute atomic E-state index is 0.0895. The molecule has 2 aromatic rings. The largest absolute Gasteiger partial charge is 0.454 e. The van der Waals surface area contributed by atoms with Crippen molar-refractivity contribution in [1.82, 2.24) is 0 Å². The van der Waals surface area contributed by atoms with Gasteiger partial charge < -0.3 is 15.4 Å². The van der Waals surface area contributed by atoms with Gasteiger partial charge >= 0.3 is 5.97 Å². The summed E-state index contributed by atoms with van der Waals surface area (Å²) in [6.07, 6.45) is 0.0895. The van der Waals surface area contributed by atoms with Crippen molar-refractivity contribution in [3.05, 3.63) is 59.7 Å². The van der Waals surface area contributed by atoms with Gasteiger partial charge in [0, 0.05) is 18.0 Å². The standard InChI is InChI=1S/C23H26N2O5/c1-15(26)24-17-11-9-16(10-12-17)13-21(28)25-19-8-6-5-7-18(19)22(29)30-14-20(27)23(2,3)4/h5-12H,13-14H2,1-4H3,(H,24,26)(H,25,28). The maximum Gasteiger partial charge on any atom is 0.340 e. The normalized spacial score (nSPS) is 10.8. The quantitative estimate of drug-likeness (QED) is 0.679. The van der Waals surface area contributed by atoms with E-state index < -0.39 is 11.4 Å². The van der Waals surface area contributed by atoms with Gasteiger partial charge in [0.15, 0.2) is 12.4 Å². The van der Waals surface area contributed by atoms with Crippen molar-refractivity contribution >= 4 is 34.9 Å². The molecule has 2 aromatic carbocycles. The summed E-state index contributed by atoms with van der Waals surface area (Å²) in [5.74, 6) is -1.36. The Bertz CT molecular complexity index is 943. The van der Waals surface area contributed by atoms with Crippen LogP contribution in [-0.4, -0.2) is 30.2 Å². The number of hydrogen-bond acceptors (Lipinski definition) is 5. The summed E-state index contributed by atoms with van der Waals surface area (Å²) in [4.78, 5) is 47.9. The van der Waals surface area contributed by atoms with E-state index in [1.54, 1.807) is 63.2 Å².